The molecule has 3 rings (SSSR count). The molecule has 0 unspecified atom stereocenters. The fraction of sp³-hybridized carbons (Fsp3) is 0.385. The number of halogens is 3. The molecule has 1 N–H and O–H groups in total. The van der Waals surface area contributed by atoms with Gasteiger partial charge in [-0.1, -0.05) is 22.9 Å². The molecule has 0 bridgehead atoms. The summed E-state index contributed by atoms with van der Waals surface area (Å²) >= 11 is 6.80. The fourth-order valence-corrected chi connectivity index (χ4v) is 2.83. The molecule has 2 aromatic rings. The average Bonchev–Trinajstić information content (AvgIpc) is 3.11. The maximum atomic E-state index is 13.8. The van der Waals surface area contributed by atoms with Gasteiger partial charge in [-0.3, -0.25) is 0 Å². The molecule has 0 aliphatic heterocycles. The molecule has 106 valence electrons. The van der Waals surface area contributed by atoms with Gasteiger partial charge in [-0.25, -0.2) is 8.78 Å². The Kier molecular flexibility index (Phi) is 3.96. The van der Waals surface area contributed by atoms with Crippen LogP contribution in [0.5, 0.6) is 0 Å². The molecular formula is C13H12ClF2N3S. The topological polar surface area (TPSA) is 37.8 Å². The average molecular weight is 316 g/mol. The predicted octanol–water partition coefficient (Wildman–Crippen LogP) is 3.43. The Bertz CT molecular complexity index is 628. The number of nitrogens with one attached hydrogen (secondary N) is 1. The molecule has 0 amide bonds. The van der Waals surface area contributed by atoms with Crippen molar-refractivity contribution >= 4 is 22.9 Å². The molecule has 0 radical (unpaired) electrons. The summed E-state index contributed by atoms with van der Waals surface area (Å²) in [5, 5.41) is 12.3. The van der Waals surface area contributed by atoms with E-state index >= 15 is 0 Å². The molecule has 0 spiro atoms. The molecule has 1 heterocycles. The molecular weight excluding hydrogens is 304 g/mol. The lowest BCUT2D eigenvalue weighted by atomic mass is 10.2. The third-order valence-electron chi connectivity index (χ3n) is 3.06. The smallest absolute Gasteiger partial charge is 0.150 e. The Morgan fingerprint density at radius 2 is 2.05 bits per heavy atom. The number of hydrogen-bond acceptors (Lipinski definition) is 4. The van der Waals surface area contributed by atoms with Crippen LogP contribution < -0.4 is 5.32 Å². The van der Waals surface area contributed by atoms with Gasteiger partial charge in [0.15, 0.2) is 5.01 Å². The Morgan fingerprint density at radius 1 is 1.25 bits per heavy atom. The highest BCUT2D eigenvalue weighted by Gasteiger charge is 2.20. The normalized spacial score (nSPS) is 14.8. The highest BCUT2D eigenvalue weighted by molar-refractivity contribution is 7.14. The fourth-order valence-electron chi connectivity index (χ4n) is 1.82. The van der Waals surface area contributed by atoms with Crippen LogP contribution in [0.3, 0.4) is 0 Å². The van der Waals surface area contributed by atoms with Crippen molar-refractivity contribution in [3.8, 4) is 10.6 Å². The van der Waals surface area contributed by atoms with Crippen LogP contribution >= 0.6 is 22.9 Å². The minimum absolute atomic E-state index is 0.103. The van der Waals surface area contributed by atoms with Gasteiger partial charge < -0.3 is 5.32 Å². The SMILES string of the molecule is Fc1cc(-c2nnc(CCNC3CC3)s2)c(F)cc1Cl. The van der Waals surface area contributed by atoms with Crippen LogP contribution in [0.25, 0.3) is 10.6 Å². The molecule has 1 aliphatic rings. The minimum atomic E-state index is -0.657. The Balaban J connectivity index is 1.73. The number of rotatable bonds is 5. The first-order valence-electron chi connectivity index (χ1n) is 6.34. The third kappa shape index (κ3) is 3.13. The maximum Gasteiger partial charge on any atom is 0.150 e. The van der Waals surface area contributed by atoms with Crippen molar-refractivity contribution in [2.24, 2.45) is 0 Å². The number of hydrogen-bond donors (Lipinski definition) is 1. The van der Waals surface area contributed by atoms with Crippen LogP contribution in [-0.2, 0) is 6.42 Å². The van der Waals surface area contributed by atoms with E-state index in [0.29, 0.717) is 11.0 Å². The second-order valence-corrected chi connectivity index (χ2v) is 6.19. The summed E-state index contributed by atoms with van der Waals surface area (Å²) in [4.78, 5) is 0. The van der Waals surface area contributed by atoms with Gasteiger partial charge in [0.1, 0.15) is 16.6 Å². The van der Waals surface area contributed by atoms with Gasteiger partial charge >= 0.3 is 0 Å². The lowest BCUT2D eigenvalue weighted by Crippen LogP contribution is -2.19. The minimum Gasteiger partial charge on any atom is -0.314 e. The predicted molar refractivity (Wildman–Crippen MR) is 75.0 cm³/mol. The van der Waals surface area contributed by atoms with Crippen LogP contribution in [0.1, 0.15) is 17.8 Å². The third-order valence-corrected chi connectivity index (χ3v) is 4.36. The first-order chi connectivity index (χ1) is 9.63. The second-order valence-electron chi connectivity index (χ2n) is 4.73. The zero-order valence-electron chi connectivity index (χ0n) is 10.5. The quantitative estimate of drug-likeness (QED) is 0.859. The summed E-state index contributed by atoms with van der Waals surface area (Å²) in [5.41, 5.74) is 0.103. The molecule has 3 nitrogen and oxygen atoms in total. The van der Waals surface area contributed by atoms with Gasteiger partial charge in [0.05, 0.1) is 10.6 Å². The molecule has 0 atom stereocenters. The highest BCUT2D eigenvalue weighted by atomic mass is 35.5. The Morgan fingerprint density at radius 3 is 2.80 bits per heavy atom. The largest absolute Gasteiger partial charge is 0.314 e. The van der Waals surface area contributed by atoms with E-state index in [1.807, 2.05) is 0 Å². The summed E-state index contributed by atoms with van der Waals surface area (Å²) in [5.74, 6) is -1.24. The van der Waals surface area contributed by atoms with Crippen LogP contribution in [0.15, 0.2) is 12.1 Å². The Labute approximate surface area is 124 Å². The maximum absolute atomic E-state index is 13.8. The summed E-state index contributed by atoms with van der Waals surface area (Å²) in [6, 6.07) is 2.66. The number of nitrogens with zero attached hydrogens (tertiary/aromatic N) is 2. The number of benzene rings is 1. The molecule has 0 saturated heterocycles. The molecule has 1 aromatic heterocycles. The summed E-state index contributed by atoms with van der Waals surface area (Å²) in [6.07, 6.45) is 3.21. The van der Waals surface area contributed by atoms with E-state index in [4.69, 9.17) is 11.6 Å². The van der Waals surface area contributed by atoms with Crippen molar-refractivity contribution in [3.05, 3.63) is 33.8 Å². The van der Waals surface area contributed by atoms with E-state index in [2.05, 4.69) is 15.5 Å². The van der Waals surface area contributed by atoms with Crippen LogP contribution in [0, 0.1) is 11.6 Å². The van der Waals surface area contributed by atoms with E-state index < -0.39 is 11.6 Å². The van der Waals surface area contributed by atoms with Gasteiger partial charge in [-0.15, -0.1) is 10.2 Å². The lowest BCUT2D eigenvalue weighted by molar-refractivity contribution is 0.603. The molecule has 1 aliphatic carbocycles. The van der Waals surface area contributed by atoms with Gasteiger partial charge in [-0.2, -0.15) is 0 Å². The van der Waals surface area contributed by atoms with Gasteiger partial charge in [-0.05, 0) is 25.0 Å². The number of aromatic nitrogens is 2. The molecule has 1 saturated carbocycles. The van der Waals surface area contributed by atoms with E-state index in [-0.39, 0.29) is 10.6 Å². The van der Waals surface area contributed by atoms with Crippen molar-refractivity contribution in [1.82, 2.24) is 15.5 Å². The first-order valence-corrected chi connectivity index (χ1v) is 7.53. The van der Waals surface area contributed by atoms with E-state index in [1.54, 1.807) is 0 Å². The molecule has 7 heteroatoms. The molecule has 20 heavy (non-hydrogen) atoms. The Hall–Kier alpha value is -1.11. The first kappa shape index (κ1) is 13.9. The second kappa shape index (κ2) is 5.71. The van der Waals surface area contributed by atoms with Crippen molar-refractivity contribution in [2.45, 2.75) is 25.3 Å². The van der Waals surface area contributed by atoms with Gasteiger partial charge in [0.25, 0.3) is 0 Å². The van der Waals surface area contributed by atoms with Crippen molar-refractivity contribution in [2.75, 3.05) is 6.54 Å². The lowest BCUT2D eigenvalue weighted by Gasteiger charge is -2.00. The van der Waals surface area contributed by atoms with Crippen LogP contribution in [0.4, 0.5) is 8.78 Å². The van der Waals surface area contributed by atoms with Gasteiger partial charge in [0.2, 0.25) is 0 Å². The van der Waals surface area contributed by atoms with Crippen LogP contribution in [-0.4, -0.2) is 22.8 Å². The van der Waals surface area contributed by atoms with E-state index in [0.717, 1.165) is 30.1 Å². The summed E-state index contributed by atoms with van der Waals surface area (Å²) in [6.45, 7) is 0.830. The summed E-state index contributed by atoms with van der Waals surface area (Å²) < 4.78 is 27.2. The van der Waals surface area contributed by atoms with Gasteiger partial charge in [0, 0.05) is 19.0 Å². The van der Waals surface area contributed by atoms with Crippen LogP contribution in [0.2, 0.25) is 5.02 Å². The van der Waals surface area contributed by atoms with Crippen molar-refractivity contribution < 1.29 is 8.78 Å². The zero-order chi connectivity index (χ0) is 14.1. The summed E-state index contributed by atoms with van der Waals surface area (Å²) in [7, 11) is 0. The van der Waals surface area contributed by atoms with Crippen molar-refractivity contribution in [1.29, 1.82) is 0 Å². The van der Waals surface area contributed by atoms with E-state index in [9.17, 15) is 8.78 Å². The molecule has 1 aromatic carbocycles. The van der Waals surface area contributed by atoms with Crippen molar-refractivity contribution in [3.63, 3.8) is 0 Å². The standard InChI is InChI=1S/C13H12ClF2N3S/c14-9-6-10(15)8(5-11(9)16)13-19-18-12(20-13)3-4-17-7-1-2-7/h5-7,17H,1-4H2. The highest BCUT2D eigenvalue weighted by Crippen LogP contribution is 2.30. The monoisotopic (exact) mass is 315 g/mol. The zero-order valence-corrected chi connectivity index (χ0v) is 12.1. The molecule has 1 fully saturated rings. The van der Waals surface area contributed by atoms with E-state index in [1.165, 1.54) is 24.2 Å².